The van der Waals surface area contributed by atoms with Crippen molar-refractivity contribution in [2.45, 2.75) is 27.3 Å². The molecule has 1 amide bonds. The summed E-state index contributed by atoms with van der Waals surface area (Å²) < 4.78 is 2.86. The summed E-state index contributed by atoms with van der Waals surface area (Å²) >= 11 is 7.78. The summed E-state index contributed by atoms with van der Waals surface area (Å²) in [5, 5.41) is 5.78. The molecule has 0 spiro atoms. The second-order valence-electron chi connectivity index (χ2n) is 8.90. The summed E-state index contributed by atoms with van der Waals surface area (Å²) in [5.74, 6) is -0.275. The Labute approximate surface area is 224 Å². The van der Waals surface area contributed by atoms with Crippen molar-refractivity contribution in [1.82, 2.24) is 14.8 Å². The van der Waals surface area contributed by atoms with Crippen LogP contribution in [0.25, 0.3) is 10.2 Å². The molecule has 0 saturated carbocycles. The lowest BCUT2D eigenvalue weighted by atomic mass is 10.0. The fourth-order valence-corrected chi connectivity index (χ4v) is 5.46. The van der Waals surface area contributed by atoms with Crippen molar-refractivity contribution in [2.24, 2.45) is 0 Å². The molecule has 0 bridgehead atoms. The first-order valence-corrected chi connectivity index (χ1v) is 13.1. The van der Waals surface area contributed by atoms with Gasteiger partial charge in [-0.05, 0) is 56.7 Å². The number of benzene rings is 3. The Balaban J connectivity index is 1.47. The van der Waals surface area contributed by atoms with Gasteiger partial charge in [0.2, 0.25) is 0 Å². The Hall–Kier alpha value is -3.81. The smallest absolute Gasteiger partial charge is 0.260 e. The van der Waals surface area contributed by atoms with Crippen LogP contribution in [0.3, 0.4) is 0 Å². The second-order valence-corrected chi connectivity index (χ2v) is 10.3. The van der Waals surface area contributed by atoms with Gasteiger partial charge in [-0.2, -0.15) is 5.10 Å². The summed E-state index contributed by atoms with van der Waals surface area (Å²) in [4.78, 5) is 33.1. The highest BCUT2D eigenvalue weighted by molar-refractivity contribution is 7.22. The van der Waals surface area contributed by atoms with Crippen molar-refractivity contribution in [2.75, 3.05) is 11.4 Å². The van der Waals surface area contributed by atoms with Crippen molar-refractivity contribution >= 4 is 50.0 Å². The summed E-state index contributed by atoms with van der Waals surface area (Å²) in [6.07, 6.45) is 0. The van der Waals surface area contributed by atoms with Gasteiger partial charge in [0.15, 0.2) is 10.9 Å². The normalized spacial score (nSPS) is 11.1. The largest absolute Gasteiger partial charge is 0.289 e. The van der Waals surface area contributed by atoms with E-state index in [1.165, 1.54) is 11.3 Å². The second kappa shape index (κ2) is 10.3. The molecule has 0 aliphatic rings. The molecule has 0 radical (unpaired) electrons. The Bertz CT molecular complexity index is 1610. The number of aryl methyl sites for hydroxylation is 3. The molecule has 5 rings (SSSR count). The van der Waals surface area contributed by atoms with Crippen molar-refractivity contribution in [3.8, 4) is 0 Å². The number of ketones is 1. The molecule has 2 heterocycles. The lowest BCUT2D eigenvalue weighted by Crippen LogP contribution is -2.34. The number of amides is 1. The van der Waals surface area contributed by atoms with Crippen LogP contribution in [0, 0.1) is 20.8 Å². The van der Waals surface area contributed by atoms with Gasteiger partial charge in [-0.15, -0.1) is 0 Å². The third-order valence-corrected chi connectivity index (χ3v) is 7.73. The van der Waals surface area contributed by atoms with Gasteiger partial charge in [-0.1, -0.05) is 65.4 Å². The van der Waals surface area contributed by atoms with Crippen LogP contribution in [-0.2, 0) is 6.54 Å². The number of carbonyl (C=O) groups excluding carboxylic acids is 2. The number of carbonyl (C=O) groups is 2. The minimum Gasteiger partial charge on any atom is -0.289 e. The van der Waals surface area contributed by atoms with E-state index in [0.29, 0.717) is 39.9 Å². The minimum absolute atomic E-state index is 0.0838. The zero-order valence-electron chi connectivity index (χ0n) is 20.7. The van der Waals surface area contributed by atoms with Crippen molar-refractivity contribution < 1.29 is 9.59 Å². The van der Waals surface area contributed by atoms with Gasteiger partial charge in [0.05, 0.1) is 22.5 Å². The third-order valence-electron chi connectivity index (χ3n) is 6.28. The highest BCUT2D eigenvalue weighted by Gasteiger charge is 2.23. The zero-order valence-corrected chi connectivity index (χ0v) is 22.3. The number of nitrogens with zero attached hydrogens (tertiary/aromatic N) is 4. The molecule has 37 heavy (non-hydrogen) atoms. The van der Waals surface area contributed by atoms with E-state index < -0.39 is 0 Å². The maximum Gasteiger partial charge on any atom is 0.260 e. The first-order chi connectivity index (χ1) is 17.8. The summed E-state index contributed by atoms with van der Waals surface area (Å²) in [5.41, 5.74) is 5.25. The van der Waals surface area contributed by atoms with E-state index in [2.05, 4.69) is 5.10 Å². The topological polar surface area (TPSA) is 68.1 Å². The van der Waals surface area contributed by atoms with E-state index in [4.69, 9.17) is 16.6 Å². The Morgan fingerprint density at radius 2 is 1.59 bits per heavy atom. The molecule has 0 aliphatic heterocycles. The van der Waals surface area contributed by atoms with Gasteiger partial charge in [0.25, 0.3) is 5.91 Å². The molecular weight excluding hydrogens is 504 g/mol. The first kappa shape index (κ1) is 24.9. The summed E-state index contributed by atoms with van der Waals surface area (Å²) in [7, 11) is 0. The predicted molar refractivity (Wildman–Crippen MR) is 149 cm³/mol. The van der Waals surface area contributed by atoms with Crippen LogP contribution < -0.4 is 4.90 Å². The average molecular weight is 529 g/mol. The van der Waals surface area contributed by atoms with Crippen molar-refractivity contribution in [1.29, 1.82) is 0 Å². The van der Waals surface area contributed by atoms with E-state index in [1.807, 2.05) is 61.9 Å². The fraction of sp³-hybridized carbons (Fsp3) is 0.172. The Morgan fingerprint density at radius 3 is 2.27 bits per heavy atom. The summed E-state index contributed by atoms with van der Waals surface area (Å²) in [6, 6.07) is 21.7. The van der Waals surface area contributed by atoms with Gasteiger partial charge in [-0.3, -0.25) is 19.2 Å². The monoisotopic (exact) mass is 528 g/mol. The van der Waals surface area contributed by atoms with Gasteiger partial charge in [-0.25, -0.2) is 4.98 Å². The van der Waals surface area contributed by atoms with E-state index in [0.717, 1.165) is 27.2 Å². The molecule has 5 aromatic rings. The molecule has 8 heteroatoms. The van der Waals surface area contributed by atoms with E-state index in [1.54, 1.807) is 41.3 Å². The van der Waals surface area contributed by atoms with Gasteiger partial charge in [0, 0.05) is 34.0 Å². The highest BCUT2D eigenvalue weighted by Crippen LogP contribution is 2.34. The van der Waals surface area contributed by atoms with E-state index >= 15 is 0 Å². The van der Waals surface area contributed by atoms with Crippen LogP contribution in [0.4, 0.5) is 5.13 Å². The minimum atomic E-state index is -0.192. The lowest BCUT2D eigenvalue weighted by Gasteiger charge is -2.20. The highest BCUT2D eigenvalue weighted by atomic mass is 35.5. The standard InChI is InChI=1S/C29H25ClN4O2S/c1-18-17-19(2)34(32-18)16-15-33(29-31-26-20(3)24(30)13-14-25(26)37-29)28(36)23-11-9-22(10-12-23)27(35)21-7-5-4-6-8-21/h4-14,17H,15-16H2,1-3H3. The SMILES string of the molecule is Cc1cc(C)n(CCN(C(=O)c2ccc(C(=O)c3ccccc3)cc2)c2nc3c(C)c(Cl)ccc3s2)n1. The molecule has 0 unspecified atom stereocenters. The van der Waals surface area contributed by atoms with Gasteiger partial charge in [0.1, 0.15) is 0 Å². The number of halogens is 1. The molecular formula is C29H25ClN4O2S. The van der Waals surface area contributed by atoms with Crippen LogP contribution in [0.1, 0.15) is 43.2 Å². The van der Waals surface area contributed by atoms with Crippen molar-refractivity contribution in [3.63, 3.8) is 0 Å². The van der Waals surface area contributed by atoms with Crippen LogP contribution in [0.5, 0.6) is 0 Å². The third kappa shape index (κ3) is 5.05. The maximum absolute atomic E-state index is 13.8. The molecule has 0 saturated heterocycles. The lowest BCUT2D eigenvalue weighted by molar-refractivity contribution is 0.0983. The predicted octanol–water partition coefficient (Wildman–Crippen LogP) is 6.65. The number of fused-ring (bicyclic) bond motifs is 1. The van der Waals surface area contributed by atoms with Gasteiger partial charge < -0.3 is 0 Å². The zero-order chi connectivity index (χ0) is 26.1. The number of hydrogen-bond acceptors (Lipinski definition) is 5. The molecule has 0 atom stereocenters. The van der Waals surface area contributed by atoms with Crippen LogP contribution in [0.15, 0.2) is 72.8 Å². The molecule has 2 aromatic heterocycles. The molecule has 186 valence electrons. The molecule has 6 nitrogen and oxygen atoms in total. The van der Waals surface area contributed by atoms with E-state index in [-0.39, 0.29) is 11.7 Å². The maximum atomic E-state index is 13.8. The Kier molecular flexibility index (Phi) is 6.91. The molecule has 0 N–H and O–H groups in total. The average Bonchev–Trinajstić information content (AvgIpc) is 3.49. The number of aromatic nitrogens is 3. The number of rotatable bonds is 7. The summed E-state index contributed by atoms with van der Waals surface area (Å²) in [6.45, 7) is 6.78. The van der Waals surface area contributed by atoms with Crippen molar-refractivity contribution in [3.05, 3.63) is 111 Å². The quantitative estimate of drug-likeness (QED) is 0.222. The molecule has 0 fully saturated rings. The molecule has 0 aliphatic carbocycles. The number of hydrogen-bond donors (Lipinski definition) is 0. The van der Waals surface area contributed by atoms with Gasteiger partial charge >= 0.3 is 0 Å². The molecule has 3 aromatic carbocycles. The van der Waals surface area contributed by atoms with E-state index in [9.17, 15) is 9.59 Å². The van der Waals surface area contributed by atoms with Crippen LogP contribution >= 0.6 is 22.9 Å². The first-order valence-electron chi connectivity index (χ1n) is 11.9. The van der Waals surface area contributed by atoms with Crippen LogP contribution in [0.2, 0.25) is 5.02 Å². The van der Waals surface area contributed by atoms with Crippen LogP contribution in [-0.4, -0.2) is 33.0 Å². The Morgan fingerprint density at radius 1 is 0.919 bits per heavy atom. The fourth-order valence-electron chi connectivity index (χ4n) is 4.26. The number of anilines is 1. The number of thiazole rings is 1.